The van der Waals surface area contributed by atoms with Gasteiger partial charge in [0.15, 0.2) is 0 Å². The SMILES string of the molecule is O=C(NN=Cc1cccnc1)c1ccc(OCc2ccccc2)cc1. The second-order valence-corrected chi connectivity index (χ2v) is 5.28. The van der Waals surface area contributed by atoms with E-state index in [2.05, 4.69) is 15.5 Å². The molecule has 25 heavy (non-hydrogen) atoms. The zero-order valence-corrected chi connectivity index (χ0v) is 13.5. The average molecular weight is 331 g/mol. The van der Waals surface area contributed by atoms with Crippen LogP contribution in [0.15, 0.2) is 84.2 Å². The molecule has 0 unspecified atom stereocenters. The van der Waals surface area contributed by atoms with Crippen molar-refractivity contribution >= 4 is 12.1 Å². The topological polar surface area (TPSA) is 63.6 Å². The van der Waals surface area contributed by atoms with Crippen molar-refractivity contribution in [1.29, 1.82) is 0 Å². The molecular formula is C20H17N3O2. The largest absolute Gasteiger partial charge is 0.489 e. The highest BCUT2D eigenvalue weighted by Gasteiger charge is 2.04. The molecule has 0 aliphatic heterocycles. The average Bonchev–Trinajstić information content (AvgIpc) is 2.68. The molecule has 0 radical (unpaired) electrons. The number of nitrogens with zero attached hydrogens (tertiary/aromatic N) is 2. The van der Waals surface area contributed by atoms with Crippen LogP contribution >= 0.6 is 0 Å². The standard InChI is InChI=1S/C20H17N3O2/c24-20(23-22-14-17-7-4-12-21-13-17)18-8-10-19(11-9-18)25-15-16-5-2-1-3-6-16/h1-14H,15H2,(H,23,24). The molecule has 1 N–H and O–H groups in total. The summed E-state index contributed by atoms with van der Waals surface area (Å²) < 4.78 is 5.70. The lowest BCUT2D eigenvalue weighted by Gasteiger charge is -2.07. The van der Waals surface area contributed by atoms with Gasteiger partial charge in [-0.15, -0.1) is 0 Å². The molecule has 0 saturated heterocycles. The van der Waals surface area contributed by atoms with Crippen LogP contribution in [-0.2, 0) is 6.61 Å². The van der Waals surface area contributed by atoms with E-state index in [4.69, 9.17) is 4.74 Å². The summed E-state index contributed by atoms with van der Waals surface area (Å²) in [6, 6.07) is 20.5. The maximum Gasteiger partial charge on any atom is 0.271 e. The Kier molecular flexibility index (Phi) is 5.51. The maximum atomic E-state index is 12.0. The molecule has 0 atom stereocenters. The first-order valence-electron chi connectivity index (χ1n) is 7.81. The highest BCUT2D eigenvalue weighted by molar-refractivity contribution is 5.94. The Morgan fingerprint density at radius 2 is 1.84 bits per heavy atom. The number of ether oxygens (including phenoxy) is 1. The van der Waals surface area contributed by atoms with E-state index in [0.717, 1.165) is 11.1 Å². The highest BCUT2D eigenvalue weighted by Crippen LogP contribution is 2.14. The van der Waals surface area contributed by atoms with E-state index in [-0.39, 0.29) is 5.91 Å². The number of hydrogen-bond donors (Lipinski definition) is 1. The van der Waals surface area contributed by atoms with Crippen LogP contribution in [0.2, 0.25) is 0 Å². The monoisotopic (exact) mass is 331 g/mol. The summed E-state index contributed by atoms with van der Waals surface area (Å²) in [5, 5.41) is 3.92. The van der Waals surface area contributed by atoms with Gasteiger partial charge < -0.3 is 4.74 Å². The molecule has 0 fully saturated rings. The number of nitrogens with one attached hydrogen (secondary N) is 1. The van der Waals surface area contributed by atoms with E-state index in [1.54, 1.807) is 48.9 Å². The lowest BCUT2D eigenvalue weighted by atomic mass is 10.2. The minimum atomic E-state index is -0.283. The summed E-state index contributed by atoms with van der Waals surface area (Å²) in [6.45, 7) is 0.488. The molecule has 124 valence electrons. The maximum absolute atomic E-state index is 12.0. The van der Waals surface area contributed by atoms with Gasteiger partial charge in [0.1, 0.15) is 12.4 Å². The molecule has 0 aliphatic carbocycles. The van der Waals surface area contributed by atoms with E-state index in [0.29, 0.717) is 17.9 Å². The third-order valence-corrected chi connectivity index (χ3v) is 3.43. The Morgan fingerprint density at radius 3 is 2.56 bits per heavy atom. The van der Waals surface area contributed by atoms with Crippen molar-refractivity contribution < 1.29 is 9.53 Å². The number of carbonyl (C=O) groups excluding carboxylic acids is 1. The van der Waals surface area contributed by atoms with E-state index >= 15 is 0 Å². The number of amides is 1. The molecule has 3 rings (SSSR count). The number of rotatable bonds is 6. The van der Waals surface area contributed by atoms with Crippen LogP contribution in [0.3, 0.4) is 0 Å². The van der Waals surface area contributed by atoms with Crippen LogP contribution < -0.4 is 10.2 Å². The minimum Gasteiger partial charge on any atom is -0.489 e. The van der Waals surface area contributed by atoms with Crippen LogP contribution in [-0.4, -0.2) is 17.1 Å². The van der Waals surface area contributed by atoms with Gasteiger partial charge in [-0.3, -0.25) is 9.78 Å². The van der Waals surface area contributed by atoms with Gasteiger partial charge in [-0.1, -0.05) is 36.4 Å². The van der Waals surface area contributed by atoms with Crippen molar-refractivity contribution in [2.24, 2.45) is 5.10 Å². The molecule has 0 spiro atoms. The van der Waals surface area contributed by atoms with Gasteiger partial charge in [0, 0.05) is 23.5 Å². The summed E-state index contributed by atoms with van der Waals surface area (Å²) in [7, 11) is 0. The third-order valence-electron chi connectivity index (χ3n) is 3.43. The number of benzene rings is 2. The Bertz CT molecular complexity index is 832. The Hall–Kier alpha value is -3.47. The Labute approximate surface area is 146 Å². The highest BCUT2D eigenvalue weighted by atomic mass is 16.5. The zero-order valence-electron chi connectivity index (χ0n) is 13.5. The van der Waals surface area contributed by atoms with E-state index in [9.17, 15) is 4.79 Å². The molecule has 2 aromatic carbocycles. The lowest BCUT2D eigenvalue weighted by Crippen LogP contribution is -2.17. The first kappa shape index (κ1) is 16.4. The number of pyridine rings is 1. The van der Waals surface area contributed by atoms with Crippen molar-refractivity contribution in [2.75, 3.05) is 0 Å². The molecule has 0 saturated carbocycles. The van der Waals surface area contributed by atoms with Gasteiger partial charge in [-0.05, 0) is 35.9 Å². The van der Waals surface area contributed by atoms with Crippen molar-refractivity contribution in [3.05, 3.63) is 95.8 Å². The second-order valence-electron chi connectivity index (χ2n) is 5.28. The predicted molar refractivity (Wildman–Crippen MR) is 96.5 cm³/mol. The van der Waals surface area contributed by atoms with E-state index < -0.39 is 0 Å². The van der Waals surface area contributed by atoms with Crippen LogP contribution in [0.25, 0.3) is 0 Å². The number of aromatic nitrogens is 1. The van der Waals surface area contributed by atoms with E-state index in [1.165, 1.54) is 0 Å². The van der Waals surface area contributed by atoms with Crippen molar-refractivity contribution in [1.82, 2.24) is 10.4 Å². The summed E-state index contributed by atoms with van der Waals surface area (Å²) in [6.07, 6.45) is 4.88. The molecular weight excluding hydrogens is 314 g/mol. The molecule has 1 heterocycles. The summed E-state index contributed by atoms with van der Waals surface area (Å²) >= 11 is 0. The first-order valence-corrected chi connectivity index (χ1v) is 7.81. The van der Waals surface area contributed by atoms with Gasteiger partial charge in [0.05, 0.1) is 6.21 Å². The molecule has 3 aromatic rings. The van der Waals surface area contributed by atoms with Gasteiger partial charge >= 0.3 is 0 Å². The molecule has 5 nitrogen and oxygen atoms in total. The molecule has 0 bridgehead atoms. The van der Waals surface area contributed by atoms with Crippen molar-refractivity contribution in [3.63, 3.8) is 0 Å². The molecule has 1 amide bonds. The Morgan fingerprint density at radius 1 is 1.04 bits per heavy atom. The summed E-state index contributed by atoms with van der Waals surface area (Å²) in [5.74, 6) is 0.425. The van der Waals surface area contributed by atoms with Gasteiger partial charge in [-0.2, -0.15) is 5.10 Å². The number of hydrogen-bond acceptors (Lipinski definition) is 4. The van der Waals surface area contributed by atoms with Gasteiger partial charge in [0.2, 0.25) is 0 Å². The first-order chi connectivity index (χ1) is 12.3. The third kappa shape index (κ3) is 5.00. The quantitative estimate of drug-likeness (QED) is 0.556. The fraction of sp³-hybridized carbons (Fsp3) is 0.0500. The zero-order chi connectivity index (χ0) is 17.3. The van der Waals surface area contributed by atoms with Crippen LogP contribution in [0, 0.1) is 0 Å². The molecule has 1 aromatic heterocycles. The molecule has 0 aliphatic rings. The normalized spacial score (nSPS) is 10.6. The minimum absolute atomic E-state index is 0.283. The van der Waals surface area contributed by atoms with Crippen molar-refractivity contribution in [2.45, 2.75) is 6.61 Å². The van der Waals surface area contributed by atoms with E-state index in [1.807, 2.05) is 36.4 Å². The Balaban J connectivity index is 1.52. The fourth-order valence-corrected chi connectivity index (χ4v) is 2.13. The van der Waals surface area contributed by atoms with Crippen molar-refractivity contribution in [3.8, 4) is 5.75 Å². The number of hydrazone groups is 1. The predicted octanol–water partition coefficient (Wildman–Crippen LogP) is 3.42. The van der Waals surface area contributed by atoms with Gasteiger partial charge in [0.25, 0.3) is 5.91 Å². The summed E-state index contributed by atoms with van der Waals surface area (Å²) in [4.78, 5) is 16.0. The van der Waals surface area contributed by atoms with Gasteiger partial charge in [-0.25, -0.2) is 5.43 Å². The molecule has 5 heteroatoms. The summed E-state index contributed by atoms with van der Waals surface area (Å²) in [5.41, 5.74) is 4.90. The van der Waals surface area contributed by atoms with Crippen LogP contribution in [0.5, 0.6) is 5.75 Å². The fourth-order valence-electron chi connectivity index (χ4n) is 2.13. The smallest absolute Gasteiger partial charge is 0.271 e. The lowest BCUT2D eigenvalue weighted by molar-refractivity contribution is 0.0955. The second kappa shape index (κ2) is 8.40. The van der Waals surface area contributed by atoms with Crippen LogP contribution in [0.1, 0.15) is 21.5 Å². The number of carbonyl (C=O) groups is 1. The van der Waals surface area contributed by atoms with Crippen LogP contribution in [0.4, 0.5) is 0 Å².